The van der Waals surface area contributed by atoms with Crippen molar-refractivity contribution in [3.63, 3.8) is 0 Å². The zero-order valence-corrected chi connectivity index (χ0v) is 11.3. The molecule has 0 radical (unpaired) electrons. The maximum absolute atomic E-state index is 5.02. The number of rotatable bonds is 6. The van der Waals surface area contributed by atoms with Gasteiger partial charge < -0.3 is 4.74 Å². The normalized spacial score (nSPS) is 9.50. The quantitative estimate of drug-likeness (QED) is 0.654. The highest BCUT2D eigenvalue weighted by atomic mass is 16.5. The maximum Gasteiger partial charge on any atom is 0.0462 e. The van der Waals surface area contributed by atoms with Gasteiger partial charge in [-0.25, -0.2) is 0 Å². The van der Waals surface area contributed by atoms with E-state index < -0.39 is 0 Å². The minimum Gasteiger partial charge on any atom is -0.385 e. The molecule has 0 bridgehead atoms. The lowest BCUT2D eigenvalue weighted by Crippen LogP contribution is -1.91. The van der Waals surface area contributed by atoms with Crippen LogP contribution in [-0.4, -0.2) is 13.7 Å². The summed E-state index contributed by atoms with van der Waals surface area (Å²) in [6.07, 6.45) is 4.68. The van der Waals surface area contributed by atoms with Gasteiger partial charge in [-0.15, -0.1) is 0 Å². The van der Waals surface area contributed by atoms with Crippen molar-refractivity contribution in [1.82, 2.24) is 0 Å². The van der Waals surface area contributed by atoms with Gasteiger partial charge in [-0.1, -0.05) is 45.0 Å². The first-order chi connectivity index (χ1) is 7.86. The predicted molar refractivity (Wildman–Crippen MR) is 72.0 cm³/mol. The molecule has 0 unspecified atom stereocenters. The average Bonchev–Trinajstić information content (AvgIpc) is 2.38. The zero-order valence-electron chi connectivity index (χ0n) is 11.3. The van der Waals surface area contributed by atoms with E-state index in [1.54, 1.807) is 7.11 Å². The Morgan fingerprint density at radius 1 is 0.938 bits per heavy atom. The molecule has 92 valence electrons. The highest BCUT2D eigenvalue weighted by Crippen LogP contribution is 2.08. The third-order valence-electron chi connectivity index (χ3n) is 2.50. The Bertz CT molecular complexity index is 238. The van der Waals surface area contributed by atoms with Gasteiger partial charge in [-0.2, -0.15) is 0 Å². The summed E-state index contributed by atoms with van der Waals surface area (Å²) in [5.41, 5.74) is 2.86. The van der Waals surface area contributed by atoms with E-state index in [2.05, 4.69) is 31.2 Å². The second-order valence-corrected chi connectivity index (χ2v) is 3.62. The van der Waals surface area contributed by atoms with Crippen LogP contribution in [0.15, 0.2) is 24.3 Å². The summed E-state index contributed by atoms with van der Waals surface area (Å²) in [4.78, 5) is 0. The van der Waals surface area contributed by atoms with Crippen molar-refractivity contribution in [3.8, 4) is 0 Å². The van der Waals surface area contributed by atoms with Crippen LogP contribution in [0.25, 0.3) is 0 Å². The second-order valence-electron chi connectivity index (χ2n) is 3.62. The molecular weight excluding hydrogens is 196 g/mol. The van der Waals surface area contributed by atoms with E-state index in [4.69, 9.17) is 4.74 Å². The molecule has 0 heterocycles. The third kappa shape index (κ3) is 6.62. The van der Waals surface area contributed by atoms with Crippen molar-refractivity contribution >= 4 is 0 Å². The van der Waals surface area contributed by atoms with E-state index in [9.17, 15) is 0 Å². The minimum atomic E-state index is 0.882. The topological polar surface area (TPSA) is 9.23 Å². The van der Waals surface area contributed by atoms with Gasteiger partial charge in [-0.05, 0) is 36.8 Å². The Balaban J connectivity index is 0.00000106. The SMILES string of the molecule is CC.CCc1ccc(CCCCOC)cc1. The second kappa shape index (κ2) is 10.7. The van der Waals surface area contributed by atoms with Gasteiger partial charge in [-0.3, -0.25) is 0 Å². The van der Waals surface area contributed by atoms with Crippen molar-refractivity contribution in [2.45, 2.75) is 46.5 Å². The number of unbranched alkanes of at least 4 members (excludes halogenated alkanes) is 1. The van der Waals surface area contributed by atoms with Crippen LogP contribution in [0.1, 0.15) is 44.7 Å². The summed E-state index contributed by atoms with van der Waals surface area (Å²) in [6.45, 7) is 7.07. The fourth-order valence-electron chi connectivity index (χ4n) is 1.52. The Kier molecular flexibility index (Phi) is 10.1. The first-order valence-electron chi connectivity index (χ1n) is 6.43. The fraction of sp³-hybridized carbons (Fsp3) is 0.600. The molecule has 1 heteroatoms. The monoisotopic (exact) mass is 222 g/mol. The number of hydrogen-bond donors (Lipinski definition) is 0. The van der Waals surface area contributed by atoms with Gasteiger partial charge >= 0.3 is 0 Å². The standard InChI is InChI=1S/C13H20O.C2H6/c1-3-12-7-9-13(10-8-12)6-4-5-11-14-2;1-2/h7-10H,3-6,11H2,1-2H3;1-2H3. The molecule has 0 saturated carbocycles. The van der Waals surface area contributed by atoms with Gasteiger partial charge in [0, 0.05) is 13.7 Å². The van der Waals surface area contributed by atoms with E-state index in [0.717, 1.165) is 19.4 Å². The Hall–Kier alpha value is -0.820. The van der Waals surface area contributed by atoms with Crippen LogP contribution >= 0.6 is 0 Å². The molecule has 1 rings (SSSR count). The molecule has 0 fully saturated rings. The molecule has 0 aliphatic heterocycles. The molecular formula is C15H26O. The van der Waals surface area contributed by atoms with Gasteiger partial charge in [0.25, 0.3) is 0 Å². The Labute approximate surface area is 101 Å². The van der Waals surface area contributed by atoms with Gasteiger partial charge in [0.1, 0.15) is 0 Å². The predicted octanol–water partition coefficient (Wildman–Crippen LogP) is 4.24. The van der Waals surface area contributed by atoms with Crippen molar-refractivity contribution in [1.29, 1.82) is 0 Å². The van der Waals surface area contributed by atoms with Gasteiger partial charge in [0.05, 0.1) is 0 Å². The number of ether oxygens (including phenoxy) is 1. The molecule has 0 atom stereocenters. The minimum absolute atomic E-state index is 0.882. The average molecular weight is 222 g/mol. The van der Waals surface area contributed by atoms with E-state index in [-0.39, 0.29) is 0 Å². The molecule has 1 nitrogen and oxygen atoms in total. The highest BCUT2D eigenvalue weighted by Gasteiger charge is 1.93. The number of benzene rings is 1. The summed E-state index contributed by atoms with van der Waals surface area (Å²) in [5.74, 6) is 0. The molecule has 0 spiro atoms. The molecule has 0 amide bonds. The fourth-order valence-corrected chi connectivity index (χ4v) is 1.52. The van der Waals surface area contributed by atoms with E-state index >= 15 is 0 Å². The molecule has 0 aromatic heterocycles. The smallest absolute Gasteiger partial charge is 0.0462 e. The van der Waals surface area contributed by atoms with E-state index in [1.165, 1.54) is 24.0 Å². The van der Waals surface area contributed by atoms with Crippen molar-refractivity contribution in [3.05, 3.63) is 35.4 Å². The summed E-state index contributed by atoms with van der Waals surface area (Å²) in [5, 5.41) is 0. The van der Waals surface area contributed by atoms with Crippen molar-refractivity contribution in [2.24, 2.45) is 0 Å². The van der Waals surface area contributed by atoms with Crippen LogP contribution in [0.4, 0.5) is 0 Å². The van der Waals surface area contributed by atoms with Crippen LogP contribution < -0.4 is 0 Å². The lowest BCUT2D eigenvalue weighted by atomic mass is 10.1. The lowest BCUT2D eigenvalue weighted by Gasteiger charge is -2.02. The summed E-state index contributed by atoms with van der Waals surface area (Å²) < 4.78 is 5.02. The zero-order chi connectivity index (χ0) is 12.2. The molecule has 16 heavy (non-hydrogen) atoms. The molecule has 0 aliphatic rings. The summed E-state index contributed by atoms with van der Waals surface area (Å²) >= 11 is 0. The van der Waals surface area contributed by atoms with Gasteiger partial charge in [0.2, 0.25) is 0 Å². The Morgan fingerprint density at radius 2 is 1.50 bits per heavy atom. The van der Waals surface area contributed by atoms with Crippen LogP contribution in [0.2, 0.25) is 0 Å². The van der Waals surface area contributed by atoms with Crippen LogP contribution in [0.3, 0.4) is 0 Å². The van der Waals surface area contributed by atoms with Crippen LogP contribution in [-0.2, 0) is 17.6 Å². The van der Waals surface area contributed by atoms with E-state index in [1.807, 2.05) is 13.8 Å². The molecule has 1 aromatic rings. The first-order valence-corrected chi connectivity index (χ1v) is 6.43. The molecule has 0 saturated heterocycles. The van der Waals surface area contributed by atoms with Crippen molar-refractivity contribution < 1.29 is 4.74 Å². The summed E-state index contributed by atoms with van der Waals surface area (Å²) in [7, 11) is 1.76. The van der Waals surface area contributed by atoms with Crippen molar-refractivity contribution in [2.75, 3.05) is 13.7 Å². The van der Waals surface area contributed by atoms with E-state index in [0.29, 0.717) is 0 Å². The number of hydrogen-bond acceptors (Lipinski definition) is 1. The third-order valence-corrected chi connectivity index (χ3v) is 2.50. The van der Waals surface area contributed by atoms with Crippen LogP contribution in [0, 0.1) is 0 Å². The first kappa shape index (κ1) is 15.2. The highest BCUT2D eigenvalue weighted by molar-refractivity contribution is 5.22. The van der Waals surface area contributed by atoms with Gasteiger partial charge in [0.15, 0.2) is 0 Å². The number of methoxy groups -OCH3 is 1. The van der Waals surface area contributed by atoms with Crippen LogP contribution in [0.5, 0.6) is 0 Å². The lowest BCUT2D eigenvalue weighted by molar-refractivity contribution is 0.193. The largest absolute Gasteiger partial charge is 0.385 e. The molecule has 0 aliphatic carbocycles. The molecule has 1 aromatic carbocycles. The Morgan fingerprint density at radius 3 is 2.00 bits per heavy atom. The maximum atomic E-state index is 5.02. The molecule has 0 N–H and O–H groups in total. The number of aryl methyl sites for hydroxylation is 2. The summed E-state index contributed by atoms with van der Waals surface area (Å²) in [6, 6.07) is 8.94.